The molecule has 31 heavy (non-hydrogen) atoms. The number of halogens is 1. The molecule has 2 aromatic carbocycles. The van der Waals surface area contributed by atoms with Crippen LogP contribution in [0.5, 0.6) is 0 Å². The first kappa shape index (κ1) is 22.6. The first-order valence-corrected chi connectivity index (χ1v) is 10.9. The van der Waals surface area contributed by atoms with Gasteiger partial charge in [-0.15, -0.1) is 0 Å². The average molecular weight is 436 g/mol. The second-order valence-electron chi connectivity index (χ2n) is 7.74. The molecule has 3 rings (SSSR count). The van der Waals surface area contributed by atoms with Crippen molar-refractivity contribution in [3.63, 3.8) is 0 Å². The second kappa shape index (κ2) is 10.8. The highest BCUT2D eigenvalue weighted by Gasteiger charge is 2.23. The van der Waals surface area contributed by atoms with E-state index in [1.807, 2.05) is 41.3 Å². The van der Waals surface area contributed by atoms with E-state index in [9.17, 15) is 14.9 Å². The minimum atomic E-state index is -0.162. The Labute approximate surface area is 188 Å². The Morgan fingerprint density at radius 3 is 2.58 bits per heavy atom. The van der Waals surface area contributed by atoms with Crippen molar-refractivity contribution in [1.82, 2.24) is 10.2 Å². The third-order valence-corrected chi connectivity index (χ3v) is 6.04. The number of hydrogen-bond acceptors (Lipinski definition) is 3. The van der Waals surface area contributed by atoms with Gasteiger partial charge in [-0.3, -0.25) is 9.59 Å². The molecular weight excluding hydrogens is 410 g/mol. The number of nitrogens with one attached hydrogen (secondary N) is 1. The van der Waals surface area contributed by atoms with Crippen LogP contribution in [0, 0.1) is 17.2 Å². The number of nitrogens with zero attached hydrogens (tertiary/aromatic N) is 2. The van der Waals surface area contributed by atoms with Crippen molar-refractivity contribution >= 4 is 23.4 Å². The molecule has 0 saturated carbocycles. The summed E-state index contributed by atoms with van der Waals surface area (Å²) in [5.41, 5.74) is 3.19. The molecule has 0 bridgehead atoms. The lowest BCUT2D eigenvalue weighted by Crippen LogP contribution is -2.41. The van der Waals surface area contributed by atoms with Crippen LogP contribution in [-0.2, 0) is 16.0 Å². The SMILES string of the molecule is C=CC(=O)NCC1CCN(C(=O)CCc2cc(-c3ccccc3)c(Cl)cc2C#N)CC1. The highest BCUT2D eigenvalue weighted by molar-refractivity contribution is 6.33. The monoisotopic (exact) mass is 435 g/mol. The van der Waals surface area contributed by atoms with Crippen LogP contribution in [-0.4, -0.2) is 36.3 Å². The zero-order valence-electron chi connectivity index (χ0n) is 17.4. The zero-order valence-corrected chi connectivity index (χ0v) is 18.2. The molecule has 2 aromatic rings. The van der Waals surface area contributed by atoms with Crippen molar-refractivity contribution in [3.05, 3.63) is 71.3 Å². The molecule has 6 heteroatoms. The third kappa shape index (κ3) is 5.96. The first-order valence-electron chi connectivity index (χ1n) is 10.5. The van der Waals surface area contributed by atoms with Crippen LogP contribution in [0.15, 0.2) is 55.1 Å². The molecule has 0 unspecified atom stereocenters. The van der Waals surface area contributed by atoms with Crippen molar-refractivity contribution in [1.29, 1.82) is 5.26 Å². The second-order valence-corrected chi connectivity index (χ2v) is 8.15. The number of carbonyl (C=O) groups excluding carboxylic acids is 2. The van der Waals surface area contributed by atoms with Gasteiger partial charge in [0.25, 0.3) is 0 Å². The maximum Gasteiger partial charge on any atom is 0.243 e. The predicted octanol–water partition coefficient (Wildman–Crippen LogP) is 4.35. The largest absolute Gasteiger partial charge is 0.352 e. The van der Waals surface area contributed by atoms with E-state index in [1.54, 1.807) is 6.07 Å². The summed E-state index contributed by atoms with van der Waals surface area (Å²) in [5, 5.41) is 12.9. The molecule has 0 atom stereocenters. The summed E-state index contributed by atoms with van der Waals surface area (Å²) in [4.78, 5) is 25.9. The van der Waals surface area contributed by atoms with E-state index in [-0.39, 0.29) is 11.8 Å². The van der Waals surface area contributed by atoms with Crippen molar-refractivity contribution in [3.8, 4) is 17.2 Å². The lowest BCUT2D eigenvalue weighted by molar-refractivity contribution is -0.132. The van der Waals surface area contributed by atoms with Gasteiger partial charge >= 0.3 is 0 Å². The molecule has 0 spiro atoms. The molecule has 2 amide bonds. The number of nitriles is 1. The Balaban J connectivity index is 1.60. The quantitative estimate of drug-likeness (QED) is 0.657. The van der Waals surface area contributed by atoms with Crippen LogP contribution in [0.4, 0.5) is 0 Å². The summed E-state index contributed by atoms with van der Waals surface area (Å²) in [6, 6.07) is 15.6. The summed E-state index contributed by atoms with van der Waals surface area (Å²) >= 11 is 6.41. The zero-order chi connectivity index (χ0) is 22.2. The van der Waals surface area contributed by atoms with Gasteiger partial charge in [-0.2, -0.15) is 5.26 Å². The summed E-state index contributed by atoms with van der Waals surface area (Å²) in [6.45, 7) is 5.45. The summed E-state index contributed by atoms with van der Waals surface area (Å²) in [6.07, 6.45) is 3.85. The molecule has 1 fully saturated rings. The van der Waals surface area contributed by atoms with Gasteiger partial charge < -0.3 is 10.2 Å². The summed E-state index contributed by atoms with van der Waals surface area (Å²) in [5.74, 6) is 0.307. The van der Waals surface area contributed by atoms with E-state index in [1.165, 1.54) is 6.08 Å². The van der Waals surface area contributed by atoms with Crippen molar-refractivity contribution in [2.45, 2.75) is 25.7 Å². The minimum Gasteiger partial charge on any atom is -0.352 e. The topological polar surface area (TPSA) is 73.2 Å². The van der Waals surface area contributed by atoms with Gasteiger partial charge in [0.2, 0.25) is 11.8 Å². The molecule has 0 aliphatic carbocycles. The Hall–Kier alpha value is -3.10. The fraction of sp³-hybridized carbons (Fsp3) is 0.320. The number of benzene rings is 2. The van der Waals surface area contributed by atoms with Crippen molar-refractivity contribution in [2.24, 2.45) is 5.92 Å². The highest BCUT2D eigenvalue weighted by atomic mass is 35.5. The minimum absolute atomic E-state index is 0.0914. The maximum absolute atomic E-state index is 12.7. The van der Waals surface area contributed by atoms with E-state index in [0.717, 1.165) is 29.5 Å². The molecule has 1 aliphatic heterocycles. The van der Waals surface area contributed by atoms with Crippen molar-refractivity contribution in [2.75, 3.05) is 19.6 Å². The molecule has 5 nitrogen and oxygen atoms in total. The van der Waals surface area contributed by atoms with Crippen LogP contribution >= 0.6 is 11.6 Å². The van der Waals surface area contributed by atoms with Crippen molar-refractivity contribution < 1.29 is 9.59 Å². The van der Waals surface area contributed by atoms with E-state index in [2.05, 4.69) is 18.0 Å². The molecule has 1 aliphatic rings. The maximum atomic E-state index is 12.7. The summed E-state index contributed by atoms with van der Waals surface area (Å²) in [7, 11) is 0. The number of piperidine rings is 1. The number of rotatable bonds is 7. The van der Waals surface area contributed by atoms with Gasteiger partial charge in [-0.25, -0.2) is 0 Å². The molecule has 0 radical (unpaired) electrons. The number of hydrogen-bond donors (Lipinski definition) is 1. The molecule has 0 aromatic heterocycles. The smallest absolute Gasteiger partial charge is 0.243 e. The number of carbonyl (C=O) groups is 2. The molecule has 1 N–H and O–H groups in total. The lowest BCUT2D eigenvalue weighted by Gasteiger charge is -2.32. The Morgan fingerprint density at radius 1 is 1.23 bits per heavy atom. The van der Waals surface area contributed by atoms with Crippen LogP contribution < -0.4 is 5.32 Å². The van der Waals surface area contributed by atoms with Crippen LogP contribution in [0.25, 0.3) is 11.1 Å². The van der Waals surface area contributed by atoms with Crippen LogP contribution in [0.2, 0.25) is 5.02 Å². The van der Waals surface area contributed by atoms with Crippen LogP contribution in [0.3, 0.4) is 0 Å². The van der Waals surface area contributed by atoms with Gasteiger partial charge in [-0.1, -0.05) is 48.5 Å². The van der Waals surface area contributed by atoms with Gasteiger partial charge in [0.05, 0.1) is 11.6 Å². The molecule has 1 saturated heterocycles. The number of aryl methyl sites for hydroxylation is 1. The van der Waals surface area contributed by atoms with E-state index in [0.29, 0.717) is 49.0 Å². The summed E-state index contributed by atoms with van der Waals surface area (Å²) < 4.78 is 0. The average Bonchev–Trinajstić information content (AvgIpc) is 2.82. The molecule has 1 heterocycles. The van der Waals surface area contributed by atoms with Gasteiger partial charge in [0.1, 0.15) is 0 Å². The fourth-order valence-corrected chi connectivity index (χ4v) is 4.14. The van der Waals surface area contributed by atoms with E-state index in [4.69, 9.17) is 11.6 Å². The number of likely N-dealkylation sites (tertiary alicyclic amines) is 1. The number of amides is 2. The van der Waals surface area contributed by atoms with Gasteiger partial charge in [-0.05, 0) is 54.5 Å². The molecule has 160 valence electrons. The third-order valence-electron chi connectivity index (χ3n) is 5.72. The van der Waals surface area contributed by atoms with E-state index < -0.39 is 0 Å². The Kier molecular flexibility index (Phi) is 7.86. The fourth-order valence-electron chi connectivity index (χ4n) is 3.87. The Morgan fingerprint density at radius 2 is 1.94 bits per heavy atom. The standard InChI is InChI=1S/C25H26ClN3O2/c1-2-24(30)28-17-18-10-12-29(13-11-18)25(31)9-8-20-14-22(19-6-4-3-5-7-19)23(26)15-21(20)16-27/h2-7,14-15,18H,1,8-13,17H2,(H,28,30). The first-order chi connectivity index (χ1) is 15.0. The predicted molar refractivity (Wildman–Crippen MR) is 122 cm³/mol. The highest BCUT2D eigenvalue weighted by Crippen LogP contribution is 2.31. The Bertz CT molecular complexity index is 990. The molecular formula is C25H26ClN3O2. The van der Waals surface area contributed by atoms with Crippen LogP contribution in [0.1, 0.15) is 30.4 Å². The van der Waals surface area contributed by atoms with Gasteiger partial charge in [0.15, 0.2) is 0 Å². The van der Waals surface area contributed by atoms with E-state index >= 15 is 0 Å². The lowest BCUT2D eigenvalue weighted by atomic mass is 9.95. The normalized spacial score (nSPS) is 14.0. The van der Waals surface area contributed by atoms with Gasteiger partial charge in [0, 0.05) is 36.6 Å².